The average Bonchev–Trinajstić information content (AvgIpc) is 2.92. The summed E-state index contributed by atoms with van der Waals surface area (Å²) in [6.45, 7) is 3.52. The van der Waals surface area contributed by atoms with Gasteiger partial charge >= 0.3 is 0 Å². The summed E-state index contributed by atoms with van der Waals surface area (Å²) in [4.78, 5) is 29.9. The number of carbonyl (C=O) groups is 2. The molecule has 3 nitrogen and oxygen atoms in total. The Balaban J connectivity index is 2.00. The van der Waals surface area contributed by atoms with Gasteiger partial charge in [-0.05, 0) is 53.0 Å². The van der Waals surface area contributed by atoms with Gasteiger partial charge in [0.25, 0.3) is 0 Å². The number of carbonyl (C=O) groups excluding carboxylic acids is 2. The molecular weight excluding hydrogens is 334 g/mol. The number of hydrogen-bond donors (Lipinski definition) is 0. The lowest BCUT2D eigenvalue weighted by molar-refractivity contribution is -0.118. The Labute approximate surface area is 157 Å². The Morgan fingerprint density at radius 3 is 2.74 bits per heavy atom. The second-order valence-electron chi connectivity index (χ2n) is 7.67. The van der Waals surface area contributed by atoms with Crippen LogP contribution in [0.2, 0.25) is 0 Å². The molecule has 1 aromatic heterocycles. The number of benzene rings is 2. The molecule has 1 atom stereocenters. The molecule has 132 valence electrons. The number of aromatic nitrogens is 1. The van der Waals surface area contributed by atoms with E-state index in [1.54, 1.807) is 13.1 Å². The maximum absolute atomic E-state index is 12.9. The quantitative estimate of drug-likeness (QED) is 0.660. The van der Waals surface area contributed by atoms with E-state index in [2.05, 4.69) is 29.2 Å². The summed E-state index contributed by atoms with van der Waals surface area (Å²) in [6.07, 6.45) is 2.46. The highest BCUT2D eigenvalue weighted by atomic mass is 16.1. The number of ketones is 2. The third kappa shape index (κ3) is 2.05. The zero-order valence-corrected chi connectivity index (χ0v) is 15.4. The van der Waals surface area contributed by atoms with Gasteiger partial charge in [0, 0.05) is 30.0 Å². The molecule has 1 unspecified atom stereocenters. The van der Waals surface area contributed by atoms with Crippen molar-refractivity contribution in [1.82, 2.24) is 4.98 Å². The largest absolute Gasteiger partial charge is 0.300 e. The predicted octanol–water partition coefficient (Wildman–Crippen LogP) is 4.88. The van der Waals surface area contributed by atoms with E-state index in [9.17, 15) is 9.59 Å². The normalized spacial score (nSPS) is 20.4. The van der Waals surface area contributed by atoms with Crippen molar-refractivity contribution < 1.29 is 9.59 Å². The van der Waals surface area contributed by atoms with Crippen LogP contribution in [-0.2, 0) is 15.0 Å². The van der Waals surface area contributed by atoms with Crippen molar-refractivity contribution in [3.05, 3.63) is 71.4 Å². The minimum atomic E-state index is -0.603. The summed E-state index contributed by atoms with van der Waals surface area (Å²) in [7, 11) is 0. The lowest BCUT2D eigenvalue weighted by Crippen LogP contribution is -2.32. The Bertz CT molecular complexity index is 1190. The molecule has 27 heavy (non-hydrogen) atoms. The van der Waals surface area contributed by atoms with Crippen molar-refractivity contribution in [2.45, 2.75) is 32.1 Å². The Morgan fingerprint density at radius 1 is 1.11 bits per heavy atom. The highest BCUT2D eigenvalue weighted by molar-refractivity contribution is 6.18. The molecule has 0 bridgehead atoms. The lowest BCUT2D eigenvalue weighted by Gasteiger charge is -2.38. The molecule has 3 heteroatoms. The summed E-state index contributed by atoms with van der Waals surface area (Å²) in [5, 5.41) is 2.25. The minimum Gasteiger partial charge on any atom is -0.300 e. The number of hydrogen-bond acceptors (Lipinski definition) is 3. The van der Waals surface area contributed by atoms with E-state index in [0.29, 0.717) is 12.8 Å². The smallest absolute Gasteiger partial charge is 0.160 e. The average molecular weight is 353 g/mol. The maximum Gasteiger partial charge on any atom is 0.160 e. The number of rotatable bonds is 2. The van der Waals surface area contributed by atoms with E-state index in [1.165, 1.54) is 0 Å². The first-order chi connectivity index (χ1) is 13.0. The zero-order valence-electron chi connectivity index (χ0n) is 15.4. The zero-order chi connectivity index (χ0) is 18.8. The standard InChI is InChI=1S/C24H19NO2/c1-14(26)12-24-13-20(27)15(2)22(24)21-17-7-4-3-6-16(17)9-10-18(21)23-19(24)8-5-11-25-23/h3-11H,12-13H2,1-2H3. The minimum absolute atomic E-state index is 0.0912. The third-order valence-electron chi connectivity index (χ3n) is 6.04. The number of fused-ring (bicyclic) bond motifs is 8. The summed E-state index contributed by atoms with van der Waals surface area (Å²) >= 11 is 0. The molecule has 0 saturated carbocycles. The van der Waals surface area contributed by atoms with Crippen molar-refractivity contribution in [3.8, 4) is 11.3 Å². The molecule has 2 aromatic carbocycles. The number of pyridine rings is 1. The monoisotopic (exact) mass is 353 g/mol. The van der Waals surface area contributed by atoms with Gasteiger partial charge in [-0.25, -0.2) is 0 Å². The number of nitrogens with zero attached hydrogens (tertiary/aromatic N) is 1. The second kappa shape index (κ2) is 5.46. The fraction of sp³-hybridized carbons (Fsp3) is 0.208. The Hall–Kier alpha value is -3.07. The molecule has 0 amide bonds. The van der Waals surface area contributed by atoms with Crippen LogP contribution in [0, 0.1) is 0 Å². The van der Waals surface area contributed by atoms with Gasteiger partial charge in [0.2, 0.25) is 0 Å². The first kappa shape index (κ1) is 16.1. The SMILES string of the molecule is CC(=O)CC12CC(=O)C(C)=C1c1c(ccc3ccccc13)-c1ncccc12. The van der Waals surface area contributed by atoms with Crippen LogP contribution in [0.1, 0.15) is 37.8 Å². The molecule has 1 heterocycles. The van der Waals surface area contributed by atoms with Crippen molar-refractivity contribution in [1.29, 1.82) is 0 Å². The maximum atomic E-state index is 12.9. The van der Waals surface area contributed by atoms with Crippen molar-refractivity contribution in [3.63, 3.8) is 0 Å². The van der Waals surface area contributed by atoms with E-state index in [4.69, 9.17) is 0 Å². The second-order valence-corrected chi connectivity index (χ2v) is 7.67. The first-order valence-corrected chi connectivity index (χ1v) is 9.25. The van der Waals surface area contributed by atoms with E-state index >= 15 is 0 Å². The highest BCUT2D eigenvalue weighted by Gasteiger charge is 2.51. The van der Waals surface area contributed by atoms with Gasteiger partial charge in [-0.2, -0.15) is 0 Å². The fourth-order valence-electron chi connectivity index (χ4n) is 5.07. The van der Waals surface area contributed by atoms with Crippen molar-refractivity contribution in [2.24, 2.45) is 0 Å². The van der Waals surface area contributed by atoms with Gasteiger partial charge < -0.3 is 0 Å². The van der Waals surface area contributed by atoms with Gasteiger partial charge in [0.05, 0.1) is 5.69 Å². The topological polar surface area (TPSA) is 47.0 Å². The summed E-state index contributed by atoms with van der Waals surface area (Å²) < 4.78 is 0. The van der Waals surface area contributed by atoms with Crippen LogP contribution < -0.4 is 0 Å². The van der Waals surface area contributed by atoms with Gasteiger partial charge in [0.1, 0.15) is 5.78 Å². The Kier molecular flexibility index (Phi) is 3.26. The van der Waals surface area contributed by atoms with Gasteiger partial charge in [0.15, 0.2) is 5.78 Å². The van der Waals surface area contributed by atoms with Crippen LogP contribution in [0.3, 0.4) is 0 Å². The van der Waals surface area contributed by atoms with E-state index < -0.39 is 5.41 Å². The molecule has 3 aromatic rings. The molecule has 0 fully saturated rings. The first-order valence-electron chi connectivity index (χ1n) is 9.25. The third-order valence-corrected chi connectivity index (χ3v) is 6.04. The molecule has 0 radical (unpaired) electrons. The fourth-order valence-corrected chi connectivity index (χ4v) is 5.07. The van der Waals surface area contributed by atoms with Crippen molar-refractivity contribution in [2.75, 3.05) is 0 Å². The molecule has 2 aliphatic rings. The van der Waals surface area contributed by atoms with Crippen LogP contribution >= 0.6 is 0 Å². The van der Waals surface area contributed by atoms with E-state index in [1.807, 2.05) is 31.2 Å². The van der Waals surface area contributed by atoms with Gasteiger partial charge in [-0.1, -0.05) is 42.5 Å². The van der Waals surface area contributed by atoms with Crippen molar-refractivity contribution >= 4 is 27.9 Å². The lowest BCUT2D eigenvalue weighted by atomic mass is 9.63. The Morgan fingerprint density at radius 2 is 1.93 bits per heavy atom. The number of Topliss-reactive ketones (excluding diaryl/α,β-unsaturated/α-hetero) is 2. The summed E-state index contributed by atoms with van der Waals surface area (Å²) in [5.74, 6) is 0.218. The molecule has 0 aliphatic heterocycles. The van der Waals surface area contributed by atoms with E-state index in [0.717, 1.165) is 44.3 Å². The van der Waals surface area contributed by atoms with Gasteiger partial charge in [-0.15, -0.1) is 0 Å². The summed E-state index contributed by atoms with van der Waals surface area (Å²) in [6, 6.07) is 16.4. The van der Waals surface area contributed by atoms with Crippen LogP contribution in [0.5, 0.6) is 0 Å². The molecular formula is C24H19NO2. The predicted molar refractivity (Wildman–Crippen MR) is 106 cm³/mol. The molecule has 0 saturated heterocycles. The molecule has 2 aliphatic carbocycles. The highest BCUT2D eigenvalue weighted by Crippen LogP contribution is 2.59. The van der Waals surface area contributed by atoms with Crippen LogP contribution in [0.25, 0.3) is 27.6 Å². The van der Waals surface area contributed by atoms with Crippen LogP contribution in [0.4, 0.5) is 0 Å². The molecule has 5 rings (SSSR count). The van der Waals surface area contributed by atoms with Gasteiger partial charge in [-0.3, -0.25) is 14.6 Å². The summed E-state index contributed by atoms with van der Waals surface area (Å²) in [5.41, 5.74) is 5.22. The number of allylic oxidation sites excluding steroid dienone is 2. The van der Waals surface area contributed by atoms with Crippen LogP contribution in [-0.4, -0.2) is 16.6 Å². The van der Waals surface area contributed by atoms with E-state index in [-0.39, 0.29) is 11.6 Å². The molecule has 0 N–H and O–H groups in total. The van der Waals surface area contributed by atoms with Crippen LogP contribution in [0.15, 0.2) is 60.3 Å². The molecule has 0 spiro atoms.